The zero-order chi connectivity index (χ0) is 18.2. The number of aryl methyl sites for hydroxylation is 1. The Morgan fingerprint density at radius 2 is 1.68 bits per heavy atom. The van der Waals surface area contributed by atoms with Crippen molar-refractivity contribution in [3.8, 4) is 11.4 Å². The summed E-state index contributed by atoms with van der Waals surface area (Å²) in [6.07, 6.45) is -4.45. The average Bonchev–Trinajstić information content (AvgIpc) is 2.93. The van der Waals surface area contributed by atoms with Crippen LogP contribution in [0.3, 0.4) is 0 Å². The molecule has 3 rings (SSSR count). The number of hydrogen-bond acceptors (Lipinski definition) is 5. The Morgan fingerprint density at radius 3 is 2.32 bits per heavy atom. The first-order valence-electron chi connectivity index (χ1n) is 6.79. The van der Waals surface area contributed by atoms with Gasteiger partial charge in [-0.1, -0.05) is 23.2 Å². The first-order chi connectivity index (χ1) is 11.7. The molecule has 0 spiro atoms. The van der Waals surface area contributed by atoms with Gasteiger partial charge in [0.2, 0.25) is 11.9 Å². The molecule has 2 N–H and O–H groups in total. The highest BCUT2D eigenvalue weighted by atomic mass is 35.5. The number of anilines is 2. The Labute approximate surface area is 149 Å². The predicted octanol–water partition coefficient (Wildman–Crippen LogP) is 4.64. The van der Waals surface area contributed by atoms with E-state index in [0.717, 1.165) is 12.1 Å². The Morgan fingerprint density at radius 1 is 1.00 bits per heavy atom. The van der Waals surface area contributed by atoms with Gasteiger partial charge in [0.25, 0.3) is 0 Å². The predicted molar refractivity (Wildman–Crippen MR) is 86.9 cm³/mol. The van der Waals surface area contributed by atoms with Crippen molar-refractivity contribution in [3.63, 3.8) is 0 Å². The number of alkyl halides is 3. The summed E-state index contributed by atoms with van der Waals surface area (Å²) >= 11 is 11.5. The second-order valence-electron chi connectivity index (χ2n) is 5.06. The van der Waals surface area contributed by atoms with Gasteiger partial charge < -0.3 is 0 Å². The molecule has 0 atom stereocenters. The molecule has 3 aromatic rings. The van der Waals surface area contributed by atoms with Gasteiger partial charge in [0.1, 0.15) is 10.3 Å². The summed E-state index contributed by atoms with van der Waals surface area (Å²) < 4.78 is 38.8. The highest BCUT2D eigenvalue weighted by Crippen LogP contribution is 2.32. The third-order valence-electron chi connectivity index (χ3n) is 3.04. The van der Waals surface area contributed by atoms with Gasteiger partial charge in [-0.05, 0) is 30.7 Å². The lowest BCUT2D eigenvalue weighted by Crippen LogP contribution is -2.05. The SMILES string of the molecule is Cc1cc(-c2n[nH]c(Nc3nc(Cl)cc(Cl)n3)n2)cc(C(F)(F)F)c1. The molecule has 0 saturated heterocycles. The van der Waals surface area contributed by atoms with E-state index in [0.29, 0.717) is 5.56 Å². The monoisotopic (exact) mass is 388 g/mol. The number of benzene rings is 1. The molecule has 1 aromatic carbocycles. The molecule has 0 saturated carbocycles. The summed E-state index contributed by atoms with van der Waals surface area (Å²) in [5, 5.41) is 9.39. The Kier molecular flexibility index (Phi) is 4.53. The van der Waals surface area contributed by atoms with Crippen LogP contribution < -0.4 is 5.32 Å². The maximum Gasteiger partial charge on any atom is 0.416 e. The van der Waals surface area contributed by atoms with Gasteiger partial charge >= 0.3 is 6.18 Å². The molecule has 130 valence electrons. The molecule has 2 heterocycles. The molecule has 0 aliphatic carbocycles. The first kappa shape index (κ1) is 17.4. The van der Waals surface area contributed by atoms with E-state index in [2.05, 4.69) is 30.5 Å². The van der Waals surface area contributed by atoms with Gasteiger partial charge in [-0.15, -0.1) is 0 Å². The van der Waals surface area contributed by atoms with Gasteiger partial charge in [0, 0.05) is 11.6 Å². The Hall–Kier alpha value is -2.39. The summed E-state index contributed by atoms with van der Waals surface area (Å²) in [7, 11) is 0. The van der Waals surface area contributed by atoms with Gasteiger partial charge in [0.05, 0.1) is 5.56 Å². The van der Waals surface area contributed by atoms with E-state index in [1.165, 1.54) is 6.07 Å². The minimum atomic E-state index is -4.45. The Bertz CT molecular complexity index is 905. The summed E-state index contributed by atoms with van der Waals surface area (Å²) in [6.45, 7) is 1.56. The van der Waals surface area contributed by atoms with E-state index >= 15 is 0 Å². The lowest BCUT2D eigenvalue weighted by molar-refractivity contribution is -0.137. The molecule has 6 nitrogen and oxygen atoms in total. The minimum Gasteiger partial charge on any atom is -0.293 e. The van der Waals surface area contributed by atoms with E-state index in [4.69, 9.17) is 23.2 Å². The normalized spacial score (nSPS) is 11.6. The second-order valence-corrected chi connectivity index (χ2v) is 5.83. The quantitative estimate of drug-likeness (QED) is 0.638. The summed E-state index contributed by atoms with van der Waals surface area (Å²) in [5.41, 5.74) is -0.109. The molecular formula is C14H9Cl2F3N6. The molecule has 0 fully saturated rings. The lowest BCUT2D eigenvalue weighted by Gasteiger charge is -2.09. The third-order valence-corrected chi connectivity index (χ3v) is 3.43. The van der Waals surface area contributed by atoms with Crippen LogP contribution in [0.5, 0.6) is 0 Å². The highest BCUT2D eigenvalue weighted by Gasteiger charge is 2.31. The fourth-order valence-electron chi connectivity index (χ4n) is 2.07. The third kappa shape index (κ3) is 4.18. The van der Waals surface area contributed by atoms with E-state index in [1.807, 2.05) is 0 Å². The number of aromatic amines is 1. The van der Waals surface area contributed by atoms with Crippen LogP contribution in [0, 0.1) is 6.92 Å². The smallest absolute Gasteiger partial charge is 0.293 e. The van der Waals surface area contributed by atoms with Gasteiger partial charge in [-0.25, -0.2) is 15.1 Å². The van der Waals surface area contributed by atoms with E-state index in [9.17, 15) is 13.2 Å². The zero-order valence-electron chi connectivity index (χ0n) is 12.5. The lowest BCUT2D eigenvalue weighted by atomic mass is 10.1. The van der Waals surface area contributed by atoms with Crippen molar-refractivity contribution in [2.45, 2.75) is 13.1 Å². The number of halogens is 5. The van der Waals surface area contributed by atoms with Crippen LogP contribution in [0.4, 0.5) is 25.1 Å². The van der Waals surface area contributed by atoms with Crippen LogP contribution >= 0.6 is 23.2 Å². The maximum absolute atomic E-state index is 12.9. The van der Waals surface area contributed by atoms with Crippen molar-refractivity contribution >= 4 is 35.1 Å². The summed E-state index contributed by atoms with van der Waals surface area (Å²) in [4.78, 5) is 11.9. The van der Waals surface area contributed by atoms with Crippen LogP contribution in [-0.2, 0) is 6.18 Å². The van der Waals surface area contributed by atoms with Crippen LogP contribution in [0.15, 0.2) is 24.3 Å². The number of nitrogens with one attached hydrogen (secondary N) is 2. The summed E-state index contributed by atoms with van der Waals surface area (Å²) in [6, 6.07) is 4.93. The van der Waals surface area contributed by atoms with Crippen molar-refractivity contribution in [3.05, 3.63) is 45.7 Å². The van der Waals surface area contributed by atoms with Gasteiger partial charge in [-0.2, -0.15) is 23.3 Å². The summed E-state index contributed by atoms with van der Waals surface area (Å²) in [5.74, 6) is 0.286. The van der Waals surface area contributed by atoms with Crippen LogP contribution in [-0.4, -0.2) is 25.1 Å². The zero-order valence-corrected chi connectivity index (χ0v) is 14.0. The van der Waals surface area contributed by atoms with Crippen LogP contribution in [0.1, 0.15) is 11.1 Å². The molecule has 25 heavy (non-hydrogen) atoms. The second kappa shape index (κ2) is 6.49. The van der Waals surface area contributed by atoms with Crippen molar-refractivity contribution in [1.29, 1.82) is 0 Å². The first-order valence-corrected chi connectivity index (χ1v) is 7.55. The van der Waals surface area contributed by atoms with Crippen molar-refractivity contribution in [1.82, 2.24) is 25.1 Å². The fraction of sp³-hybridized carbons (Fsp3) is 0.143. The molecular weight excluding hydrogens is 380 g/mol. The number of hydrogen-bond donors (Lipinski definition) is 2. The van der Waals surface area contributed by atoms with Crippen molar-refractivity contribution in [2.75, 3.05) is 5.32 Å². The van der Waals surface area contributed by atoms with E-state index in [-0.39, 0.29) is 33.6 Å². The molecule has 0 aliphatic heterocycles. The molecule has 2 aromatic heterocycles. The fourth-order valence-corrected chi connectivity index (χ4v) is 2.50. The minimum absolute atomic E-state index is 0.0698. The average molecular weight is 389 g/mol. The molecule has 0 aliphatic rings. The largest absolute Gasteiger partial charge is 0.416 e. The van der Waals surface area contributed by atoms with Crippen LogP contribution in [0.25, 0.3) is 11.4 Å². The van der Waals surface area contributed by atoms with Crippen molar-refractivity contribution in [2.24, 2.45) is 0 Å². The maximum atomic E-state index is 12.9. The van der Waals surface area contributed by atoms with Gasteiger partial charge in [0.15, 0.2) is 5.82 Å². The molecule has 0 radical (unpaired) electrons. The molecule has 0 unspecified atom stereocenters. The molecule has 0 amide bonds. The topological polar surface area (TPSA) is 79.4 Å². The molecule has 11 heteroatoms. The van der Waals surface area contributed by atoms with Gasteiger partial charge in [-0.3, -0.25) is 5.32 Å². The van der Waals surface area contributed by atoms with E-state index < -0.39 is 11.7 Å². The standard InChI is InChI=1S/C14H9Cl2F3N6/c1-6-2-7(4-8(3-6)14(17,18)19)11-22-13(25-24-11)23-12-20-9(15)5-10(16)21-12/h2-5H,1H3,(H2,20,21,22,23,24,25). The van der Waals surface area contributed by atoms with Crippen molar-refractivity contribution < 1.29 is 13.2 Å². The number of rotatable bonds is 3. The number of H-pyrrole nitrogens is 1. The van der Waals surface area contributed by atoms with Crippen LogP contribution in [0.2, 0.25) is 10.3 Å². The highest BCUT2D eigenvalue weighted by molar-refractivity contribution is 6.33. The molecule has 0 bridgehead atoms. The number of aromatic nitrogens is 5. The Balaban J connectivity index is 1.90. The number of nitrogens with zero attached hydrogens (tertiary/aromatic N) is 4. The van der Waals surface area contributed by atoms with E-state index in [1.54, 1.807) is 13.0 Å².